The predicted octanol–water partition coefficient (Wildman–Crippen LogP) is 3.70. The highest BCUT2D eigenvalue weighted by Gasteiger charge is 2.03. The molecule has 0 spiro atoms. The van der Waals surface area contributed by atoms with Crippen molar-refractivity contribution in [2.75, 3.05) is 6.61 Å². The Kier molecular flexibility index (Phi) is 8.19. The van der Waals surface area contributed by atoms with Gasteiger partial charge in [0.2, 0.25) is 0 Å². The Morgan fingerprint density at radius 2 is 2.00 bits per heavy atom. The van der Waals surface area contributed by atoms with Gasteiger partial charge < -0.3 is 9.84 Å². The monoisotopic (exact) mass is 248 g/mol. The van der Waals surface area contributed by atoms with E-state index in [1.54, 1.807) is 0 Å². The van der Waals surface area contributed by atoms with Crippen LogP contribution in [0.1, 0.15) is 38.2 Å². The molecule has 0 fully saturated rings. The largest absolute Gasteiger partial charge is 0.391 e. The van der Waals surface area contributed by atoms with Gasteiger partial charge in [0, 0.05) is 0 Å². The number of unbranched alkanes of at least 4 members (excludes halogenated alkanes) is 1. The molecule has 0 radical (unpaired) electrons. The summed E-state index contributed by atoms with van der Waals surface area (Å²) in [5.74, 6) is 0. The fourth-order valence-electron chi connectivity index (χ4n) is 1.73. The Bertz CT molecular complexity index is 319. The molecule has 100 valence electrons. The van der Waals surface area contributed by atoms with E-state index in [2.05, 4.69) is 19.1 Å². The van der Waals surface area contributed by atoms with Gasteiger partial charge in [0.25, 0.3) is 0 Å². The standard InChI is InChI=1S/C16H24O2/c1-2-3-4-5-9-12-16(17)14-18-13-15-10-7-6-8-11-15/h3-4,6-8,10-11,16-17H,2,5,9,12-14H2,1H3/b4-3-/t16-/m1/s1. The molecule has 18 heavy (non-hydrogen) atoms. The highest BCUT2D eigenvalue weighted by Crippen LogP contribution is 2.05. The highest BCUT2D eigenvalue weighted by atomic mass is 16.5. The second-order valence-electron chi connectivity index (χ2n) is 4.47. The molecule has 0 unspecified atom stereocenters. The summed E-state index contributed by atoms with van der Waals surface area (Å²) in [4.78, 5) is 0. The Labute approximate surface area is 110 Å². The molecule has 0 bridgehead atoms. The van der Waals surface area contributed by atoms with Crippen LogP contribution in [-0.2, 0) is 11.3 Å². The van der Waals surface area contributed by atoms with Gasteiger partial charge in [-0.05, 0) is 31.2 Å². The molecule has 0 aliphatic heterocycles. The highest BCUT2D eigenvalue weighted by molar-refractivity contribution is 5.13. The second-order valence-corrected chi connectivity index (χ2v) is 4.47. The van der Waals surface area contributed by atoms with E-state index in [1.165, 1.54) is 0 Å². The molecule has 1 aromatic carbocycles. The van der Waals surface area contributed by atoms with E-state index in [-0.39, 0.29) is 6.10 Å². The van der Waals surface area contributed by atoms with Gasteiger partial charge in [-0.15, -0.1) is 0 Å². The van der Waals surface area contributed by atoms with E-state index in [0.717, 1.165) is 31.2 Å². The van der Waals surface area contributed by atoms with E-state index >= 15 is 0 Å². The zero-order chi connectivity index (χ0) is 13.1. The molecule has 1 rings (SSSR count). The van der Waals surface area contributed by atoms with Crippen molar-refractivity contribution in [2.24, 2.45) is 0 Å². The van der Waals surface area contributed by atoms with Crippen LogP contribution in [0.2, 0.25) is 0 Å². The third kappa shape index (κ3) is 7.25. The molecule has 2 nitrogen and oxygen atoms in total. The Hall–Kier alpha value is -1.12. The van der Waals surface area contributed by atoms with Crippen molar-refractivity contribution in [1.82, 2.24) is 0 Å². The number of ether oxygens (including phenoxy) is 1. The van der Waals surface area contributed by atoms with Crippen molar-refractivity contribution in [1.29, 1.82) is 0 Å². The SMILES string of the molecule is CC/C=C\CCC[C@@H](O)COCc1ccccc1. The molecule has 1 N–H and O–H groups in total. The quantitative estimate of drug-likeness (QED) is 0.533. The minimum atomic E-state index is -0.344. The molecule has 0 saturated carbocycles. The molecule has 0 saturated heterocycles. The van der Waals surface area contributed by atoms with Crippen molar-refractivity contribution in [3.8, 4) is 0 Å². The molecule has 0 aromatic heterocycles. The van der Waals surface area contributed by atoms with Gasteiger partial charge in [0.1, 0.15) is 0 Å². The van der Waals surface area contributed by atoms with Crippen LogP contribution in [0.4, 0.5) is 0 Å². The van der Waals surface area contributed by atoms with Crippen LogP contribution >= 0.6 is 0 Å². The van der Waals surface area contributed by atoms with E-state index in [9.17, 15) is 5.11 Å². The summed E-state index contributed by atoms with van der Waals surface area (Å²) in [5.41, 5.74) is 1.15. The maximum Gasteiger partial charge on any atom is 0.0774 e. The third-order valence-electron chi connectivity index (χ3n) is 2.73. The fraction of sp³-hybridized carbons (Fsp3) is 0.500. The van der Waals surface area contributed by atoms with Crippen molar-refractivity contribution >= 4 is 0 Å². The lowest BCUT2D eigenvalue weighted by Crippen LogP contribution is -2.14. The van der Waals surface area contributed by atoms with Crippen LogP contribution in [0.25, 0.3) is 0 Å². The average Bonchev–Trinajstić information content (AvgIpc) is 2.40. The second kappa shape index (κ2) is 9.86. The van der Waals surface area contributed by atoms with Crippen LogP contribution in [0, 0.1) is 0 Å². The summed E-state index contributed by atoms with van der Waals surface area (Å²) in [5, 5.41) is 9.73. The fourth-order valence-corrected chi connectivity index (χ4v) is 1.73. The minimum absolute atomic E-state index is 0.344. The Morgan fingerprint density at radius 3 is 2.72 bits per heavy atom. The zero-order valence-corrected chi connectivity index (χ0v) is 11.2. The van der Waals surface area contributed by atoms with Crippen LogP contribution in [0.3, 0.4) is 0 Å². The molecular formula is C16H24O2. The first-order valence-corrected chi connectivity index (χ1v) is 6.77. The van der Waals surface area contributed by atoms with Crippen molar-refractivity contribution < 1.29 is 9.84 Å². The van der Waals surface area contributed by atoms with Crippen LogP contribution in [-0.4, -0.2) is 17.8 Å². The van der Waals surface area contributed by atoms with Gasteiger partial charge in [-0.2, -0.15) is 0 Å². The van der Waals surface area contributed by atoms with Crippen LogP contribution in [0.5, 0.6) is 0 Å². The van der Waals surface area contributed by atoms with E-state index in [4.69, 9.17) is 4.74 Å². The van der Waals surface area contributed by atoms with Gasteiger partial charge in [0.05, 0.1) is 19.3 Å². The average molecular weight is 248 g/mol. The smallest absolute Gasteiger partial charge is 0.0774 e. The van der Waals surface area contributed by atoms with Gasteiger partial charge in [-0.3, -0.25) is 0 Å². The van der Waals surface area contributed by atoms with Crippen LogP contribution < -0.4 is 0 Å². The van der Waals surface area contributed by atoms with Gasteiger partial charge in [-0.25, -0.2) is 0 Å². The van der Waals surface area contributed by atoms with Crippen molar-refractivity contribution in [3.05, 3.63) is 48.0 Å². The van der Waals surface area contributed by atoms with Gasteiger partial charge in [-0.1, -0.05) is 49.4 Å². The van der Waals surface area contributed by atoms with E-state index in [0.29, 0.717) is 13.2 Å². The van der Waals surface area contributed by atoms with Gasteiger partial charge >= 0.3 is 0 Å². The topological polar surface area (TPSA) is 29.5 Å². The number of allylic oxidation sites excluding steroid dienone is 2. The molecule has 1 aromatic rings. The van der Waals surface area contributed by atoms with Crippen molar-refractivity contribution in [3.63, 3.8) is 0 Å². The number of hydrogen-bond acceptors (Lipinski definition) is 2. The summed E-state index contributed by atoms with van der Waals surface area (Å²) in [7, 11) is 0. The molecule has 0 heterocycles. The molecule has 0 aliphatic carbocycles. The maximum atomic E-state index is 9.73. The zero-order valence-electron chi connectivity index (χ0n) is 11.2. The van der Waals surface area contributed by atoms with E-state index in [1.807, 2.05) is 30.3 Å². The molecular weight excluding hydrogens is 224 g/mol. The Morgan fingerprint density at radius 1 is 1.22 bits per heavy atom. The first-order valence-electron chi connectivity index (χ1n) is 6.77. The Balaban J connectivity index is 2.03. The number of rotatable bonds is 9. The number of aliphatic hydroxyl groups excluding tert-OH is 1. The lowest BCUT2D eigenvalue weighted by Gasteiger charge is -2.10. The van der Waals surface area contributed by atoms with Crippen molar-refractivity contribution in [2.45, 2.75) is 45.3 Å². The molecule has 0 aliphatic rings. The first-order chi connectivity index (χ1) is 8.83. The third-order valence-corrected chi connectivity index (χ3v) is 2.73. The summed E-state index contributed by atoms with van der Waals surface area (Å²) < 4.78 is 5.49. The summed E-state index contributed by atoms with van der Waals surface area (Å²) in [6, 6.07) is 10.0. The summed E-state index contributed by atoms with van der Waals surface area (Å²) in [6.45, 7) is 3.13. The summed E-state index contributed by atoms with van der Waals surface area (Å²) >= 11 is 0. The number of hydrogen-bond donors (Lipinski definition) is 1. The first kappa shape index (κ1) is 14.9. The normalized spacial score (nSPS) is 13.0. The van der Waals surface area contributed by atoms with Gasteiger partial charge in [0.15, 0.2) is 0 Å². The summed E-state index contributed by atoms with van der Waals surface area (Å²) in [6.07, 6.45) is 7.96. The lowest BCUT2D eigenvalue weighted by molar-refractivity contribution is 0.0238. The lowest BCUT2D eigenvalue weighted by atomic mass is 10.1. The van der Waals surface area contributed by atoms with E-state index < -0.39 is 0 Å². The predicted molar refractivity (Wildman–Crippen MR) is 75.4 cm³/mol. The minimum Gasteiger partial charge on any atom is -0.391 e. The van der Waals surface area contributed by atoms with Crippen LogP contribution in [0.15, 0.2) is 42.5 Å². The molecule has 2 heteroatoms. The maximum absolute atomic E-state index is 9.73. The number of aliphatic hydroxyl groups is 1. The number of benzene rings is 1. The molecule has 0 amide bonds. The molecule has 1 atom stereocenters.